The van der Waals surface area contributed by atoms with Crippen LogP contribution >= 0.6 is 31.9 Å². The zero-order valence-corrected chi connectivity index (χ0v) is 35.8. The molecule has 11 rings (SSSR count). The second kappa shape index (κ2) is 16.4. The maximum absolute atomic E-state index is 12.0. The summed E-state index contributed by atoms with van der Waals surface area (Å²) in [4.78, 5) is 12.0. The largest absolute Gasteiger partial charge is 2.00 e. The first kappa shape index (κ1) is 38.9. The molecule has 0 aliphatic heterocycles. The van der Waals surface area contributed by atoms with Crippen molar-refractivity contribution < 1.29 is 21.8 Å². The molecule has 0 unspecified atom stereocenters. The third-order valence-corrected chi connectivity index (χ3v) is 11.4. The molecular weight excluding hydrogens is 881 g/mol. The summed E-state index contributed by atoms with van der Waals surface area (Å²) in [5.41, 5.74) is 16.8. The fraction of sp³-hybridized carbons (Fsp3) is 0.0200. The van der Waals surface area contributed by atoms with Gasteiger partial charge in [-0.3, -0.25) is 4.79 Å². The van der Waals surface area contributed by atoms with Gasteiger partial charge in [-0.05, 0) is 86.0 Å². The van der Waals surface area contributed by atoms with Crippen molar-refractivity contribution in [1.82, 2.24) is 0 Å². The molecule has 8 aromatic rings. The molecule has 0 radical (unpaired) electrons. The molecule has 1 nitrogen and oxygen atoms in total. The first-order valence-corrected chi connectivity index (χ1v) is 19.2. The summed E-state index contributed by atoms with van der Waals surface area (Å²) in [5, 5.41) is 0. The second-order valence-corrected chi connectivity index (χ2v) is 15.1. The minimum atomic E-state index is -0.209. The summed E-state index contributed by atoms with van der Waals surface area (Å²) in [5.74, 6) is 0.133. The van der Waals surface area contributed by atoms with Gasteiger partial charge in [-0.1, -0.05) is 171 Å². The molecule has 260 valence electrons. The van der Waals surface area contributed by atoms with Crippen LogP contribution in [0.4, 0.5) is 0 Å². The third-order valence-electron chi connectivity index (χ3n) is 10.4. The van der Waals surface area contributed by atoms with Crippen molar-refractivity contribution in [3.63, 3.8) is 0 Å². The Morgan fingerprint density at radius 2 is 0.836 bits per heavy atom. The first-order valence-electron chi connectivity index (χ1n) is 17.6. The zero-order valence-electron chi connectivity index (χ0n) is 29.6. The van der Waals surface area contributed by atoms with Crippen LogP contribution in [0.3, 0.4) is 0 Å². The van der Waals surface area contributed by atoms with Crippen molar-refractivity contribution in [3.05, 3.63) is 236 Å². The second-order valence-electron chi connectivity index (χ2n) is 13.3. The van der Waals surface area contributed by atoms with Crippen LogP contribution in [-0.2, 0) is 5.41 Å². The Labute approximate surface area is 365 Å². The van der Waals surface area contributed by atoms with Crippen LogP contribution in [0, 0.1) is 6.07 Å². The van der Waals surface area contributed by atoms with Crippen LogP contribution in [0.25, 0.3) is 44.5 Å². The van der Waals surface area contributed by atoms with E-state index in [2.05, 4.69) is 147 Å². The van der Waals surface area contributed by atoms with Gasteiger partial charge in [0.05, 0.1) is 5.41 Å². The van der Waals surface area contributed by atoms with Gasteiger partial charge in [0.1, 0.15) is 0 Å². The molecule has 0 fully saturated rings. The van der Waals surface area contributed by atoms with Gasteiger partial charge in [0, 0.05) is 20.1 Å². The van der Waals surface area contributed by atoms with Crippen molar-refractivity contribution in [3.8, 4) is 44.5 Å². The monoisotopic (exact) mass is 908 g/mol. The van der Waals surface area contributed by atoms with Crippen LogP contribution in [0.1, 0.15) is 38.2 Å². The molecule has 0 aromatic heterocycles. The van der Waals surface area contributed by atoms with E-state index in [1.54, 1.807) is 0 Å². The van der Waals surface area contributed by atoms with E-state index in [0.717, 1.165) is 36.8 Å². The van der Waals surface area contributed by atoms with Crippen molar-refractivity contribution >= 4 is 60.7 Å². The Balaban J connectivity index is 0.000000137. The van der Waals surface area contributed by atoms with Gasteiger partial charge in [-0.25, -0.2) is 0 Å². The van der Waals surface area contributed by atoms with Crippen molar-refractivity contribution in [2.24, 2.45) is 0 Å². The predicted octanol–water partition coefficient (Wildman–Crippen LogP) is 10.2. The average Bonchev–Trinajstić information content (AvgIpc) is 3.80. The van der Waals surface area contributed by atoms with Gasteiger partial charge < -0.3 is 17.0 Å². The maximum atomic E-state index is 12.0. The molecule has 0 saturated carbocycles. The first-order chi connectivity index (χ1) is 26.1. The summed E-state index contributed by atoms with van der Waals surface area (Å²) in [6.07, 6.45) is 0. The number of carbonyl (C=O) groups excluding carboxylic acids is 1. The molecule has 1 spiro atoms. The van der Waals surface area contributed by atoms with Crippen LogP contribution in [0.15, 0.2) is 197 Å². The number of hydrogen-bond acceptors (Lipinski definition) is 1. The summed E-state index contributed by atoms with van der Waals surface area (Å²) in [7, 11) is 0. The summed E-state index contributed by atoms with van der Waals surface area (Å²) >= 11 is 7.10. The van der Waals surface area contributed by atoms with Gasteiger partial charge in [0.25, 0.3) is 0 Å². The molecule has 0 heterocycles. The molecule has 55 heavy (non-hydrogen) atoms. The zero-order chi connectivity index (χ0) is 35.9. The van der Waals surface area contributed by atoms with Gasteiger partial charge in [-0.15, -0.1) is 35.9 Å². The molecular formula is C50H31Br3MgO. The quantitative estimate of drug-likeness (QED) is 0.119. The van der Waals surface area contributed by atoms with E-state index in [1.807, 2.05) is 78.9 Å². The van der Waals surface area contributed by atoms with Crippen LogP contribution in [0.2, 0.25) is 0 Å². The minimum Gasteiger partial charge on any atom is -1.00 e. The van der Waals surface area contributed by atoms with E-state index < -0.39 is 0 Å². The van der Waals surface area contributed by atoms with Crippen molar-refractivity contribution in [2.45, 2.75) is 5.41 Å². The van der Waals surface area contributed by atoms with Gasteiger partial charge in [0.15, 0.2) is 5.78 Å². The Hall–Kier alpha value is -4.36. The summed E-state index contributed by atoms with van der Waals surface area (Å²) in [6, 6.07) is 68.4. The van der Waals surface area contributed by atoms with E-state index in [1.165, 1.54) is 50.1 Å². The number of fused-ring (bicyclic) bond motifs is 13. The summed E-state index contributed by atoms with van der Waals surface area (Å²) in [6.45, 7) is 0. The smallest absolute Gasteiger partial charge is 1.00 e. The normalized spacial score (nSPS) is 12.4. The van der Waals surface area contributed by atoms with Crippen molar-refractivity contribution in [1.29, 1.82) is 0 Å². The predicted molar refractivity (Wildman–Crippen MR) is 230 cm³/mol. The number of benzene rings is 8. The van der Waals surface area contributed by atoms with Gasteiger partial charge in [0.2, 0.25) is 0 Å². The van der Waals surface area contributed by atoms with Crippen LogP contribution in [-0.4, -0.2) is 28.8 Å². The minimum absolute atomic E-state index is 0. The Kier molecular flexibility index (Phi) is 11.6. The molecule has 0 amide bonds. The number of halogens is 3. The van der Waals surface area contributed by atoms with Crippen molar-refractivity contribution in [2.75, 3.05) is 0 Å². The van der Waals surface area contributed by atoms with E-state index in [0.29, 0.717) is 0 Å². The fourth-order valence-corrected chi connectivity index (χ4v) is 8.98. The van der Waals surface area contributed by atoms with E-state index in [4.69, 9.17) is 0 Å². The van der Waals surface area contributed by atoms with Gasteiger partial charge in [-0.2, -0.15) is 0 Å². The number of ketones is 1. The Morgan fingerprint density at radius 3 is 1.42 bits per heavy atom. The molecule has 0 bridgehead atoms. The molecule has 3 aliphatic carbocycles. The SMILES string of the molecule is Brc1ccc2c(c1)-c1ccccc1C21c2ccccc2-c2ccccc21.O=C1c2ccccc2-c2cc(Br)ccc21.[Br-].[Mg+2].[c-]1ccccc1-c1ccccc1. The van der Waals surface area contributed by atoms with Gasteiger partial charge >= 0.3 is 23.1 Å². The number of carbonyl (C=O) groups is 1. The molecule has 5 heteroatoms. The molecule has 0 N–H and O–H groups in total. The van der Waals surface area contributed by atoms with E-state index in [-0.39, 0.29) is 51.2 Å². The Bertz CT molecular complexity index is 2590. The topological polar surface area (TPSA) is 17.1 Å². The maximum Gasteiger partial charge on any atom is 2.00 e. The van der Waals surface area contributed by atoms with Crippen LogP contribution < -0.4 is 17.0 Å². The van der Waals surface area contributed by atoms with E-state index in [9.17, 15) is 4.79 Å². The molecule has 8 aromatic carbocycles. The fourth-order valence-electron chi connectivity index (χ4n) is 8.26. The van der Waals surface area contributed by atoms with Crippen LogP contribution in [0.5, 0.6) is 0 Å². The molecule has 3 aliphatic rings. The average molecular weight is 912 g/mol. The Morgan fingerprint density at radius 1 is 0.400 bits per heavy atom. The molecule has 0 saturated heterocycles. The number of hydrogen-bond donors (Lipinski definition) is 0. The third kappa shape index (κ3) is 6.70. The van der Waals surface area contributed by atoms with E-state index >= 15 is 0 Å². The summed E-state index contributed by atoms with van der Waals surface area (Å²) < 4.78 is 2.13. The number of rotatable bonds is 1. The molecule has 0 atom stereocenters. The standard InChI is InChI=1S/C25H15Br.C13H7BrO.C12H9.BrH.Mg/c26-16-13-14-24-20(15-16)19-9-3-6-12-23(19)25(24)21-10-4-1-7-17(21)18-8-2-5-11-22(18)25;14-8-5-6-11-12(7-8)9-3-1-2-4-10(9)13(11)15;1-3-7-11(8-4-1)12-9-5-2-6-10-12;;/h1-15H;1-7H;1-9H;1H;/q;;-1;;+2/p-1.